The van der Waals surface area contributed by atoms with Gasteiger partial charge in [-0.25, -0.2) is 4.79 Å². The molecule has 0 unspecified atom stereocenters. The molecule has 0 aliphatic carbocycles. The van der Waals surface area contributed by atoms with Crippen LogP contribution in [0.4, 0.5) is 10.5 Å². The van der Waals surface area contributed by atoms with E-state index in [0.717, 1.165) is 42.1 Å². The number of carbonyl (C=O) groups is 1. The van der Waals surface area contributed by atoms with E-state index in [1.54, 1.807) is 4.90 Å². The predicted molar refractivity (Wildman–Crippen MR) is 98.1 cm³/mol. The van der Waals surface area contributed by atoms with Gasteiger partial charge in [0.2, 0.25) is 0 Å². The first-order valence-corrected chi connectivity index (χ1v) is 8.65. The normalized spacial score (nSPS) is 16.7. The van der Waals surface area contributed by atoms with Crippen LogP contribution in [0.5, 0.6) is 11.5 Å². The van der Waals surface area contributed by atoms with Crippen LogP contribution in [0.15, 0.2) is 48.5 Å². The minimum absolute atomic E-state index is 0.0900. The largest absolute Gasteiger partial charge is 0.457 e. The third-order valence-corrected chi connectivity index (χ3v) is 4.44. The lowest BCUT2D eigenvalue weighted by Crippen LogP contribution is -2.33. The average molecular weight is 340 g/mol. The lowest BCUT2D eigenvalue weighted by molar-refractivity contribution is 0.217. The topological polar surface area (TPSA) is 61.8 Å². The minimum atomic E-state index is -0.0900. The molecule has 2 aromatic carbocycles. The Morgan fingerprint density at radius 2 is 2.04 bits per heavy atom. The fraction of sp³-hybridized carbons (Fsp3) is 0.350. The molecule has 132 valence electrons. The standard InChI is InChI=1S/C20H24N2O3/c1-15-3-2-4-19(13-15)25-18-7-5-17(6-8-18)21-20(24)22-11-9-16(14-22)10-12-23/h2-8,13,16,23H,9-12,14H2,1H3,(H,21,24)/t16-/m0/s1. The van der Waals surface area contributed by atoms with Crippen LogP contribution in [-0.2, 0) is 0 Å². The molecule has 5 nitrogen and oxygen atoms in total. The second-order valence-electron chi connectivity index (χ2n) is 6.49. The third kappa shape index (κ3) is 4.73. The Bertz CT molecular complexity index is 715. The summed E-state index contributed by atoms with van der Waals surface area (Å²) >= 11 is 0. The van der Waals surface area contributed by atoms with Crippen LogP contribution in [0.1, 0.15) is 18.4 Å². The number of carbonyl (C=O) groups excluding carboxylic acids is 1. The Labute approximate surface area is 148 Å². The molecule has 1 atom stereocenters. The highest BCUT2D eigenvalue weighted by molar-refractivity contribution is 5.89. The fourth-order valence-corrected chi connectivity index (χ4v) is 3.06. The van der Waals surface area contributed by atoms with E-state index in [-0.39, 0.29) is 12.6 Å². The van der Waals surface area contributed by atoms with Gasteiger partial charge in [-0.3, -0.25) is 0 Å². The Kier molecular flexibility index (Phi) is 5.56. The first-order valence-electron chi connectivity index (χ1n) is 8.65. The lowest BCUT2D eigenvalue weighted by atomic mass is 10.1. The zero-order chi connectivity index (χ0) is 17.6. The van der Waals surface area contributed by atoms with E-state index in [1.165, 1.54) is 0 Å². The van der Waals surface area contributed by atoms with Crippen LogP contribution in [0.25, 0.3) is 0 Å². The van der Waals surface area contributed by atoms with E-state index in [4.69, 9.17) is 9.84 Å². The Morgan fingerprint density at radius 3 is 2.76 bits per heavy atom. The summed E-state index contributed by atoms with van der Waals surface area (Å²) in [6.07, 6.45) is 1.71. The third-order valence-electron chi connectivity index (χ3n) is 4.44. The first kappa shape index (κ1) is 17.3. The highest BCUT2D eigenvalue weighted by Crippen LogP contribution is 2.24. The molecule has 1 heterocycles. The number of anilines is 1. The van der Waals surface area contributed by atoms with E-state index in [1.807, 2.05) is 55.5 Å². The molecule has 3 rings (SSSR count). The van der Waals surface area contributed by atoms with Crippen molar-refractivity contribution in [2.75, 3.05) is 25.0 Å². The van der Waals surface area contributed by atoms with Crippen molar-refractivity contribution >= 4 is 11.7 Å². The SMILES string of the molecule is Cc1cccc(Oc2ccc(NC(=O)N3CC[C@@H](CCO)C3)cc2)c1. The number of aliphatic hydroxyl groups is 1. The summed E-state index contributed by atoms with van der Waals surface area (Å²) in [6.45, 7) is 3.66. The number of urea groups is 1. The Balaban J connectivity index is 1.55. The zero-order valence-electron chi connectivity index (χ0n) is 14.4. The number of aryl methyl sites for hydroxylation is 1. The van der Waals surface area contributed by atoms with Gasteiger partial charge in [0.25, 0.3) is 0 Å². The molecule has 2 aromatic rings. The number of hydrogen-bond donors (Lipinski definition) is 2. The number of rotatable bonds is 5. The molecule has 1 aliphatic rings. The van der Waals surface area contributed by atoms with Gasteiger partial charge in [0.15, 0.2) is 0 Å². The molecular weight excluding hydrogens is 316 g/mol. The summed E-state index contributed by atoms with van der Waals surface area (Å²) in [5.74, 6) is 1.93. The van der Waals surface area contributed by atoms with Crippen molar-refractivity contribution in [2.45, 2.75) is 19.8 Å². The van der Waals surface area contributed by atoms with Crippen LogP contribution in [0, 0.1) is 12.8 Å². The molecule has 1 fully saturated rings. The maximum atomic E-state index is 12.3. The molecular formula is C20H24N2O3. The lowest BCUT2D eigenvalue weighted by Gasteiger charge is -2.17. The van der Waals surface area contributed by atoms with Gasteiger partial charge in [-0.05, 0) is 67.6 Å². The van der Waals surface area contributed by atoms with E-state index in [0.29, 0.717) is 12.5 Å². The number of likely N-dealkylation sites (tertiary alicyclic amines) is 1. The van der Waals surface area contributed by atoms with Gasteiger partial charge in [-0.2, -0.15) is 0 Å². The van der Waals surface area contributed by atoms with Gasteiger partial charge >= 0.3 is 6.03 Å². The van der Waals surface area contributed by atoms with Crippen LogP contribution in [0.2, 0.25) is 0 Å². The number of nitrogens with zero attached hydrogens (tertiary/aromatic N) is 1. The highest BCUT2D eigenvalue weighted by atomic mass is 16.5. The molecule has 25 heavy (non-hydrogen) atoms. The summed E-state index contributed by atoms with van der Waals surface area (Å²) in [7, 11) is 0. The van der Waals surface area contributed by atoms with Crippen LogP contribution in [-0.4, -0.2) is 35.7 Å². The molecule has 5 heteroatoms. The molecule has 0 radical (unpaired) electrons. The van der Waals surface area contributed by atoms with Gasteiger partial charge in [0.1, 0.15) is 11.5 Å². The summed E-state index contributed by atoms with van der Waals surface area (Å²) in [5, 5.41) is 11.9. The van der Waals surface area contributed by atoms with Gasteiger partial charge < -0.3 is 20.1 Å². The molecule has 1 saturated heterocycles. The number of benzene rings is 2. The van der Waals surface area contributed by atoms with Crippen LogP contribution >= 0.6 is 0 Å². The molecule has 0 bridgehead atoms. The molecule has 0 aromatic heterocycles. The maximum absolute atomic E-state index is 12.3. The number of hydrogen-bond acceptors (Lipinski definition) is 3. The van der Waals surface area contributed by atoms with Crippen molar-refractivity contribution < 1.29 is 14.6 Å². The molecule has 0 spiro atoms. The predicted octanol–water partition coefficient (Wildman–Crippen LogP) is 4.02. The van der Waals surface area contributed by atoms with E-state index >= 15 is 0 Å². The molecule has 0 saturated carbocycles. The molecule has 2 amide bonds. The maximum Gasteiger partial charge on any atom is 0.321 e. The van der Waals surface area contributed by atoms with Crippen molar-refractivity contribution in [1.29, 1.82) is 0 Å². The van der Waals surface area contributed by atoms with Crippen molar-refractivity contribution in [2.24, 2.45) is 5.92 Å². The summed E-state index contributed by atoms with van der Waals surface area (Å²) in [4.78, 5) is 14.1. The first-order chi connectivity index (χ1) is 12.1. The molecule has 1 aliphatic heterocycles. The van der Waals surface area contributed by atoms with E-state index < -0.39 is 0 Å². The van der Waals surface area contributed by atoms with Crippen molar-refractivity contribution in [3.05, 3.63) is 54.1 Å². The zero-order valence-corrected chi connectivity index (χ0v) is 14.4. The highest BCUT2D eigenvalue weighted by Gasteiger charge is 2.25. The smallest absolute Gasteiger partial charge is 0.321 e. The number of ether oxygens (including phenoxy) is 1. The summed E-state index contributed by atoms with van der Waals surface area (Å²) in [6, 6.07) is 15.1. The van der Waals surface area contributed by atoms with Crippen LogP contribution in [0.3, 0.4) is 0 Å². The Hall–Kier alpha value is -2.53. The number of nitrogens with one attached hydrogen (secondary N) is 1. The van der Waals surface area contributed by atoms with Crippen molar-refractivity contribution in [3.63, 3.8) is 0 Å². The van der Waals surface area contributed by atoms with E-state index in [2.05, 4.69) is 5.32 Å². The van der Waals surface area contributed by atoms with Gasteiger partial charge in [0.05, 0.1) is 0 Å². The van der Waals surface area contributed by atoms with Gasteiger partial charge in [0, 0.05) is 25.4 Å². The second kappa shape index (κ2) is 8.03. The fourth-order valence-electron chi connectivity index (χ4n) is 3.06. The second-order valence-corrected chi connectivity index (χ2v) is 6.49. The number of aliphatic hydroxyl groups excluding tert-OH is 1. The average Bonchev–Trinajstić information content (AvgIpc) is 3.06. The molecule has 2 N–H and O–H groups in total. The Morgan fingerprint density at radius 1 is 1.24 bits per heavy atom. The van der Waals surface area contributed by atoms with Crippen molar-refractivity contribution in [1.82, 2.24) is 4.90 Å². The minimum Gasteiger partial charge on any atom is -0.457 e. The van der Waals surface area contributed by atoms with E-state index in [9.17, 15) is 4.79 Å². The summed E-state index contributed by atoms with van der Waals surface area (Å²) < 4.78 is 5.81. The van der Waals surface area contributed by atoms with Crippen molar-refractivity contribution in [3.8, 4) is 11.5 Å². The number of amides is 2. The summed E-state index contributed by atoms with van der Waals surface area (Å²) in [5.41, 5.74) is 1.89. The van der Waals surface area contributed by atoms with Gasteiger partial charge in [-0.1, -0.05) is 12.1 Å². The van der Waals surface area contributed by atoms with Crippen LogP contribution < -0.4 is 10.1 Å². The monoisotopic (exact) mass is 340 g/mol. The quantitative estimate of drug-likeness (QED) is 0.864. The van der Waals surface area contributed by atoms with Gasteiger partial charge in [-0.15, -0.1) is 0 Å².